The highest BCUT2D eigenvalue weighted by molar-refractivity contribution is 5.88. The maximum Gasteiger partial charge on any atom is 0.242 e. The van der Waals surface area contributed by atoms with Gasteiger partial charge in [-0.3, -0.25) is 9.59 Å². The van der Waals surface area contributed by atoms with Crippen LogP contribution in [0.1, 0.15) is 48.6 Å². The minimum atomic E-state index is -0.0541. The zero-order chi connectivity index (χ0) is 29.5. The number of methoxy groups -OCH3 is 1. The molecule has 5 rings (SSSR count). The van der Waals surface area contributed by atoms with Crippen molar-refractivity contribution in [2.45, 2.75) is 45.8 Å². The Hall–Kier alpha value is -4.32. The van der Waals surface area contributed by atoms with Crippen LogP contribution in [0.25, 0.3) is 0 Å². The maximum atomic E-state index is 14.0. The molecule has 1 aromatic heterocycles. The first-order valence-corrected chi connectivity index (χ1v) is 14.8. The van der Waals surface area contributed by atoms with Crippen LogP contribution in [0.3, 0.4) is 0 Å². The van der Waals surface area contributed by atoms with E-state index in [0.29, 0.717) is 26.2 Å². The van der Waals surface area contributed by atoms with Gasteiger partial charge in [0, 0.05) is 37.4 Å². The van der Waals surface area contributed by atoms with Crippen molar-refractivity contribution in [3.05, 3.63) is 126 Å². The van der Waals surface area contributed by atoms with Gasteiger partial charge in [0.2, 0.25) is 11.8 Å². The first kappa shape index (κ1) is 29.2. The number of amides is 2. The van der Waals surface area contributed by atoms with E-state index in [1.54, 1.807) is 12.0 Å². The summed E-state index contributed by atoms with van der Waals surface area (Å²) in [7, 11) is 1.67. The monoisotopic (exact) mass is 563 g/mol. The second-order valence-corrected chi connectivity index (χ2v) is 11.7. The van der Waals surface area contributed by atoms with Crippen LogP contribution in [0.5, 0.6) is 5.75 Å². The van der Waals surface area contributed by atoms with Crippen LogP contribution in [0.2, 0.25) is 0 Å². The summed E-state index contributed by atoms with van der Waals surface area (Å²) in [6.45, 7) is 6.44. The molecule has 4 aromatic rings. The quantitative estimate of drug-likeness (QED) is 0.190. The van der Waals surface area contributed by atoms with Crippen molar-refractivity contribution in [2.24, 2.45) is 11.8 Å². The number of benzene rings is 3. The van der Waals surface area contributed by atoms with Crippen molar-refractivity contribution in [3.63, 3.8) is 0 Å². The van der Waals surface area contributed by atoms with Crippen LogP contribution >= 0.6 is 0 Å². The summed E-state index contributed by atoms with van der Waals surface area (Å²) >= 11 is 0. The van der Waals surface area contributed by atoms with Crippen LogP contribution in [-0.4, -0.2) is 46.4 Å². The number of rotatable bonds is 13. The number of nitrogens with zero attached hydrogens (tertiary/aromatic N) is 3. The van der Waals surface area contributed by atoms with Crippen molar-refractivity contribution in [2.75, 3.05) is 20.2 Å². The lowest BCUT2D eigenvalue weighted by Crippen LogP contribution is -2.44. The Bertz CT molecular complexity index is 1460. The molecule has 2 atom stereocenters. The third kappa shape index (κ3) is 7.49. The van der Waals surface area contributed by atoms with E-state index in [1.165, 1.54) is 5.56 Å². The fraction of sp³-hybridized carbons (Fsp3) is 0.333. The molecule has 1 fully saturated rings. The Morgan fingerprint density at radius 2 is 1.57 bits per heavy atom. The molecule has 0 spiro atoms. The number of carbonyl (C=O) groups excluding carboxylic acids is 2. The molecule has 0 saturated heterocycles. The van der Waals surface area contributed by atoms with Crippen LogP contribution in [0.4, 0.5) is 0 Å². The topological polar surface area (TPSA) is 54.8 Å². The number of hydrogen-bond acceptors (Lipinski definition) is 3. The predicted molar refractivity (Wildman–Crippen MR) is 166 cm³/mol. The molecule has 1 aliphatic rings. The fourth-order valence-corrected chi connectivity index (χ4v) is 5.65. The normalized spacial score (nSPS) is 15.8. The van der Waals surface area contributed by atoms with Gasteiger partial charge in [-0.2, -0.15) is 0 Å². The largest absolute Gasteiger partial charge is 0.497 e. The van der Waals surface area contributed by atoms with E-state index in [2.05, 4.69) is 42.7 Å². The summed E-state index contributed by atoms with van der Waals surface area (Å²) in [6, 6.07) is 32.4. The van der Waals surface area contributed by atoms with Crippen LogP contribution in [-0.2, 0) is 29.2 Å². The van der Waals surface area contributed by atoms with Crippen LogP contribution in [0.15, 0.2) is 103 Å². The zero-order valence-corrected chi connectivity index (χ0v) is 24.9. The molecule has 2 amide bonds. The number of ether oxygens (including phenoxy) is 1. The van der Waals surface area contributed by atoms with Gasteiger partial charge in [-0.05, 0) is 59.2 Å². The lowest BCUT2D eigenvalue weighted by molar-refractivity contribution is -0.142. The van der Waals surface area contributed by atoms with Crippen LogP contribution < -0.4 is 4.74 Å². The van der Waals surface area contributed by atoms with Crippen molar-refractivity contribution in [1.82, 2.24) is 14.4 Å². The molecule has 218 valence electrons. The van der Waals surface area contributed by atoms with Crippen molar-refractivity contribution >= 4 is 11.8 Å². The molecule has 42 heavy (non-hydrogen) atoms. The molecule has 6 nitrogen and oxygen atoms in total. The van der Waals surface area contributed by atoms with E-state index in [9.17, 15) is 9.59 Å². The SMILES string of the molecule is COc1cccc(Cn2cccc2CN(Cc2ccccc2)C(=O)CN(CC(C)C)C(=O)C2CC2c2ccccc2)c1. The molecule has 1 aliphatic carbocycles. The standard InChI is InChI=1S/C36H41N3O3/c1-27(2)22-39(36(41)34-21-33(34)30-15-8-5-9-16-30)26-35(40)38(23-28-12-6-4-7-13-28)25-31-17-11-19-37(31)24-29-14-10-18-32(20-29)42-3/h4-20,27,33-34H,21-26H2,1-3H3. The van der Waals surface area contributed by atoms with Crippen LogP contribution in [0, 0.1) is 11.8 Å². The Morgan fingerprint density at radius 3 is 2.29 bits per heavy atom. The van der Waals surface area contributed by atoms with E-state index >= 15 is 0 Å². The molecule has 0 N–H and O–H groups in total. The third-order valence-corrected chi connectivity index (χ3v) is 7.89. The molecule has 1 heterocycles. The van der Waals surface area contributed by atoms with Gasteiger partial charge in [-0.15, -0.1) is 0 Å². The van der Waals surface area contributed by atoms with Crippen molar-refractivity contribution in [3.8, 4) is 5.75 Å². The van der Waals surface area contributed by atoms with Crippen molar-refractivity contribution in [1.29, 1.82) is 0 Å². The first-order valence-electron chi connectivity index (χ1n) is 14.8. The number of aromatic nitrogens is 1. The summed E-state index contributed by atoms with van der Waals surface area (Å²) in [6.07, 6.45) is 2.89. The fourth-order valence-electron chi connectivity index (χ4n) is 5.65. The van der Waals surface area contributed by atoms with Gasteiger partial charge in [0.1, 0.15) is 5.75 Å². The van der Waals surface area contributed by atoms with E-state index < -0.39 is 0 Å². The van der Waals surface area contributed by atoms with Crippen molar-refractivity contribution < 1.29 is 14.3 Å². The van der Waals surface area contributed by atoms with Gasteiger partial charge in [-0.25, -0.2) is 0 Å². The summed E-state index contributed by atoms with van der Waals surface area (Å²) in [5.41, 5.74) is 4.42. The summed E-state index contributed by atoms with van der Waals surface area (Å²) in [5, 5.41) is 0. The molecular formula is C36H41N3O3. The second-order valence-electron chi connectivity index (χ2n) is 11.7. The van der Waals surface area contributed by atoms with E-state index in [4.69, 9.17) is 4.74 Å². The smallest absolute Gasteiger partial charge is 0.242 e. The molecule has 1 saturated carbocycles. The maximum absolute atomic E-state index is 14.0. The average molecular weight is 564 g/mol. The molecule has 6 heteroatoms. The molecule has 0 aliphatic heterocycles. The van der Waals surface area contributed by atoms with Gasteiger partial charge in [-0.1, -0.05) is 86.6 Å². The highest BCUT2D eigenvalue weighted by atomic mass is 16.5. The Balaban J connectivity index is 1.33. The average Bonchev–Trinajstić information content (AvgIpc) is 3.70. The Kier molecular flexibility index (Phi) is 9.42. The van der Waals surface area contributed by atoms with Gasteiger partial charge >= 0.3 is 0 Å². The predicted octanol–water partition coefficient (Wildman–Crippen LogP) is 6.36. The van der Waals surface area contributed by atoms with Gasteiger partial charge in [0.25, 0.3) is 0 Å². The molecule has 0 radical (unpaired) electrons. The zero-order valence-electron chi connectivity index (χ0n) is 24.9. The first-order chi connectivity index (χ1) is 20.4. The minimum absolute atomic E-state index is 0.0427. The highest BCUT2D eigenvalue weighted by Crippen LogP contribution is 2.48. The van der Waals surface area contributed by atoms with E-state index in [0.717, 1.165) is 29.0 Å². The third-order valence-electron chi connectivity index (χ3n) is 7.89. The highest BCUT2D eigenvalue weighted by Gasteiger charge is 2.46. The summed E-state index contributed by atoms with van der Waals surface area (Å²) in [5.74, 6) is 1.32. The van der Waals surface area contributed by atoms with Gasteiger partial charge < -0.3 is 19.1 Å². The lowest BCUT2D eigenvalue weighted by Gasteiger charge is -2.29. The van der Waals surface area contributed by atoms with E-state index in [1.807, 2.05) is 83.9 Å². The van der Waals surface area contributed by atoms with E-state index in [-0.39, 0.29) is 36.1 Å². The Labute approximate surface area is 249 Å². The Morgan fingerprint density at radius 1 is 0.857 bits per heavy atom. The lowest BCUT2D eigenvalue weighted by atomic mass is 10.1. The summed E-state index contributed by atoms with van der Waals surface area (Å²) < 4.78 is 7.58. The number of carbonyl (C=O) groups is 2. The number of hydrogen-bond donors (Lipinski definition) is 0. The van der Waals surface area contributed by atoms with Gasteiger partial charge in [0.05, 0.1) is 20.2 Å². The molecule has 3 aromatic carbocycles. The van der Waals surface area contributed by atoms with Gasteiger partial charge in [0.15, 0.2) is 0 Å². The minimum Gasteiger partial charge on any atom is -0.497 e. The second kappa shape index (κ2) is 13.6. The molecule has 2 unspecified atom stereocenters. The molecular weight excluding hydrogens is 522 g/mol. The summed E-state index contributed by atoms with van der Waals surface area (Å²) in [4.78, 5) is 31.4. The molecule has 0 bridgehead atoms.